The molecule has 18 heavy (non-hydrogen) atoms. The van der Waals surface area contributed by atoms with Gasteiger partial charge in [0.1, 0.15) is 18.0 Å². The largest absolute Gasteiger partial charge is 0.508 e. The van der Waals surface area contributed by atoms with Crippen LogP contribution in [0.3, 0.4) is 0 Å². The van der Waals surface area contributed by atoms with Crippen LogP contribution in [0, 0.1) is 0 Å². The summed E-state index contributed by atoms with van der Waals surface area (Å²) in [6, 6.07) is 8.71. The Morgan fingerprint density at radius 1 is 1.06 bits per heavy atom. The molecule has 1 aromatic rings. The average molecular weight is 252 g/mol. The van der Waals surface area contributed by atoms with Crippen LogP contribution in [-0.4, -0.2) is 43.7 Å². The van der Waals surface area contributed by atoms with Crippen molar-refractivity contribution in [2.45, 2.75) is 12.2 Å². The lowest BCUT2D eigenvalue weighted by Gasteiger charge is -1.95. The maximum atomic E-state index is 8.63. The number of ether oxygens (including phenoxy) is 3. The lowest BCUT2D eigenvalue weighted by atomic mass is 10.3. The first-order valence-corrected chi connectivity index (χ1v) is 5.89. The van der Waals surface area contributed by atoms with Crippen molar-refractivity contribution in [1.29, 1.82) is 0 Å². The van der Waals surface area contributed by atoms with E-state index in [4.69, 9.17) is 19.3 Å². The molecule has 2 saturated heterocycles. The molecule has 1 aromatic carbocycles. The lowest BCUT2D eigenvalue weighted by molar-refractivity contribution is 0.102. The van der Waals surface area contributed by atoms with Crippen LogP contribution < -0.4 is 0 Å². The predicted molar refractivity (Wildman–Crippen MR) is 69.7 cm³/mol. The van der Waals surface area contributed by atoms with Crippen molar-refractivity contribution in [2.24, 2.45) is 0 Å². The number of phenolic OH excluding ortho intramolecular Hbond substituents is 1. The Balaban J connectivity index is 0.000000163. The van der Waals surface area contributed by atoms with E-state index in [2.05, 4.69) is 13.2 Å². The van der Waals surface area contributed by atoms with Crippen molar-refractivity contribution in [2.75, 3.05) is 26.4 Å². The van der Waals surface area contributed by atoms with Crippen molar-refractivity contribution in [1.82, 2.24) is 0 Å². The average Bonchev–Trinajstić information content (AvgIpc) is 3.28. The molecule has 0 spiro atoms. The van der Waals surface area contributed by atoms with E-state index < -0.39 is 0 Å². The molecule has 2 aliphatic rings. The zero-order valence-corrected chi connectivity index (χ0v) is 10.5. The van der Waals surface area contributed by atoms with Crippen LogP contribution in [0.2, 0.25) is 0 Å². The van der Waals surface area contributed by atoms with Gasteiger partial charge in [-0.3, -0.25) is 0 Å². The zero-order chi connectivity index (χ0) is 13.2. The van der Waals surface area contributed by atoms with Crippen molar-refractivity contribution in [3.8, 4) is 5.75 Å². The van der Waals surface area contributed by atoms with Crippen LogP contribution in [0.15, 0.2) is 43.5 Å². The fraction of sp³-hybridized carbons (Fsp3) is 0.429. The molecule has 2 unspecified atom stereocenters. The molecule has 0 aliphatic carbocycles. The van der Waals surface area contributed by atoms with Gasteiger partial charge < -0.3 is 19.3 Å². The van der Waals surface area contributed by atoms with Gasteiger partial charge in [0.05, 0.1) is 26.4 Å². The summed E-state index contributed by atoms with van der Waals surface area (Å²) in [5.74, 6) is 0.322. The van der Waals surface area contributed by atoms with E-state index in [0.717, 1.165) is 26.4 Å². The SMILES string of the molecule is C(OCC1CO1)C1CO1.C=C.Oc1ccccc1. The standard InChI is InChI=1S/C6H10O3.C6H6O.C2H4/c1(5-3-8-5)7-2-6-4-9-6;7-6-4-2-1-3-5-6;1-2/h5-6H,1-4H2;1-5,7H;1-2H2. The molecule has 100 valence electrons. The highest BCUT2D eigenvalue weighted by Crippen LogP contribution is 2.12. The number of phenols is 1. The van der Waals surface area contributed by atoms with Crippen LogP contribution in [0.25, 0.3) is 0 Å². The molecule has 4 heteroatoms. The third kappa shape index (κ3) is 7.84. The minimum Gasteiger partial charge on any atom is -0.508 e. The van der Waals surface area contributed by atoms with Gasteiger partial charge in [0.25, 0.3) is 0 Å². The summed E-state index contributed by atoms with van der Waals surface area (Å²) >= 11 is 0. The van der Waals surface area contributed by atoms with E-state index in [0.29, 0.717) is 18.0 Å². The van der Waals surface area contributed by atoms with Crippen LogP contribution in [-0.2, 0) is 14.2 Å². The molecule has 2 aliphatic heterocycles. The molecule has 3 rings (SSSR count). The first-order chi connectivity index (χ1) is 8.84. The lowest BCUT2D eigenvalue weighted by Crippen LogP contribution is -2.06. The van der Waals surface area contributed by atoms with Crippen LogP contribution >= 0.6 is 0 Å². The van der Waals surface area contributed by atoms with E-state index in [9.17, 15) is 0 Å². The maximum Gasteiger partial charge on any atom is 0.115 e. The smallest absolute Gasteiger partial charge is 0.115 e. The number of benzene rings is 1. The van der Waals surface area contributed by atoms with E-state index in [1.807, 2.05) is 6.07 Å². The molecule has 0 aromatic heterocycles. The minimum atomic E-state index is 0.322. The van der Waals surface area contributed by atoms with Crippen LogP contribution in [0.5, 0.6) is 5.75 Å². The van der Waals surface area contributed by atoms with Gasteiger partial charge >= 0.3 is 0 Å². The van der Waals surface area contributed by atoms with Gasteiger partial charge in [-0.25, -0.2) is 0 Å². The first-order valence-electron chi connectivity index (χ1n) is 5.89. The predicted octanol–water partition coefficient (Wildman–Crippen LogP) is 1.99. The Morgan fingerprint density at radius 3 is 1.78 bits per heavy atom. The summed E-state index contributed by atoms with van der Waals surface area (Å²) in [5, 5.41) is 8.63. The van der Waals surface area contributed by atoms with Gasteiger partial charge in [0.2, 0.25) is 0 Å². The van der Waals surface area contributed by atoms with Gasteiger partial charge in [0, 0.05) is 0 Å². The quantitative estimate of drug-likeness (QED) is 0.657. The Morgan fingerprint density at radius 2 is 1.50 bits per heavy atom. The van der Waals surface area contributed by atoms with Crippen LogP contribution in [0.4, 0.5) is 0 Å². The number of rotatable bonds is 4. The van der Waals surface area contributed by atoms with Gasteiger partial charge in [-0.15, -0.1) is 13.2 Å². The number of hydrogen-bond acceptors (Lipinski definition) is 4. The van der Waals surface area contributed by atoms with Gasteiger partial charge in [-0.2, -0.15) is 0 Å². The normalized spacial score (nSPS) is 22.9. The monoisotopic (exact) mass is 252 g/mol. The summed E-state index contributed by atoms with van der Waals surface area (Å²) in [7, 11) is 0. The Labute approximate surface area is 108 Å². The number of hydrogen-bond donors (Lipinski definition) is 1. The van der Waals surface area contributed by atoms with E-state index in [-0.39, 0.29) is 0 Å². The van der Waals surface area contributed by atoms with E-state index in [1.54, 1.807) is 24.3 Å². The molecule has 4 nitrogen and oxygen atoms in total. The second-order valence-electron chi connectivity index (χ2n) is 3.78. The molecule has 2 fully saturated rings. The second-order valence-corrected chi connectivity index (χ2v) is 3.78. The third-order valence-corrected chi connectivity index (χ3v) is 2.17. The highest BCUT2D eigenvalue weighted by Gasteiger charge is 2.26. The molecule has 0 amide bonds. The molecule has 1 N–H and O–H groups in total. The van der Waals surface area contributed by atoms with Crippen molar-refractivity contribution < 1.29 is 19.3 Å². The molecule has 0 radical (unpaired) electrons. The molecule has 0 bridgehead atoms. The van der Waals surface area contributed by atoms with Gasteiger partial charge in [-0.1, -0.05) is 18.2 Å². The molecule has 0 saturated carbocycles. The number of para-hydroxylation sites is 1. The molecule has 2 atom stereocenters. The summed E-state index contributed by atoms with van der Waals surface area (Å²) in [4.78, 5) is 0. The van der Waals surface area contributed by atoms with Gasteiger partial charge in [0.15, 0.2) is 0 Å². The Bertz CT molecular complexity index is 295. The Hall–Kier alpha value is -1.36. The number of epoxide rings is 2. The fourth-order valence-corrected chi connectivity index (χ4v) is 1.09. The van der Waals surface area contributed by atoms with E-state index >= 15 is 0 Å². The van der Waals surface area contributed by atoms with Crippen LogP contribution in [0.1, 0.15) is 0 Å². The molecule has 2 heterocycles. The van der Waals surface area contributed by atoms with Gasteiger partial charge in [-0.05, 0) is 12.1 Å². The second kappa shape index (κ2) is 8.69. The highest BCUT2D eigenvalue weighted by atomic mass is 16.6. The highest BCUT2D eigenvalue weighted by molar-refractivity contribution is 5.18. The summed E-state index contributed by atoms with van der Waals surface area (Å²) < 4.78 is 15.1. The summed E-state index contributed by atoms with van der Waals surface area (Å²) in [6.07, 6.45) is 0.785. The summed E-state index contributed by atoms with van der Waals surface area (Å²) in [5.41, 5.74) is 0. The summed E-state index contributed by atoms with van der Waals surface area (Å²) in [6.45, 7) is 9.26. The first kappa shape index (κ1) is 14.7. The maximum absolute atomic E-state index is 8.63. The molecular weight excluding hydrogens is 232 g/mol. The van der Waals surface area contributed by atoms with Crippen molar-refractivity contribution in [3.05, 3.63) is 43.5 Å². The fourth-order valence-electron chi connectivity index (χ4n) is 1.09. The Kier molecular flexibility index (Phi) is 7.10. The zero-order valence-electron chi connectivity index (χ0n) is 10.5. The van der Waals surface area contributed by atoms with Crippen molar-refractivity contribution >= 4 is 0 Å². The molecular formula is C14H20O4. The minimum absolute atomic E-state index is 0.322. The topological polar surface area (TPSA) is 54.5 Å². The van der Waals surface area contributed by atoms with E-state index in [1.165, 1.54) is 0 Å². The number of aromatic hydroxyl groups is 1. The van der Waals surface area contributed by atoms with Crippen molar-refractivity contribution in [3.63, 3.8) is 0 Å². The third-order valence-electron chi connectivity index (χ3n) is 2.17.